The molecule has 2 unspecified atom stereocenters. The minimum Gasteiger partial charge on any atom is -0.493 e. The van der Waals surface area contributed by atoms with Crippen LogP contribution in [0, 0.1) is 11.8 Å². The normalized spacial score (nSPS) is 13.1. The zero-order valence-corrected chi connectivity index (χ0v) is 20.8. The smallest absolute Gasteiger partial charge is 0.248 e. The highest BCUT2D eigenvalue weighted by Crippen LogP contribution is 2.41. The lowest BCUT2D eigenvalue weighted by Gasteiger charge is -2.29. The highest BCUT2D eigenvalue weighted by atomic mass is 32.2. The molecule has 2 atom stereocenters. The molecule has 3 aromatic rings. The van der Waals surface area contributed by atoms with Crippen LogP contribution in [0.4, 0.5) is 0 Å². The van der Waals surface area contributed by atoms with Crippen molar-refractivity contribution in [2.45, 2.75) is 24.0 Å². The summed E-state index contributed by atoms with van der Waals surface area (Å²) >= 11 is 0. The number of hydrogen-bond donors (Lipinski definition) is 2. The van der Waals surface area contributed by atoms with Crippen LogP contribution in [0.25, 0.3) is 0 Å². The van der Waals surface area contributed by atoms with Gasteiger partial charge in [0.25, 0.3) is 0 Å². The van der Waals surface area contributed by atoms with Crippen LogP contribution in [-0.2, 0) is 14.6 Å². The lowest BCUT2D eigenvalue weighted by Crippen LogP contribution is -2.38. The second-order valence-electron chi connectivity index (χ2n) is 8.21. The first-order chi connectivity index (χ1) is 16.7. The summed E-state index contributed by atoms with van der Waals surface area (Å²) in [6, 6.07) is 20.0. The zero-order chi connectivity index (χ0) is 25.6. The molecule has 3 rings (SSSR count). The summed E-state index contributed by atoms with van der Waals surface area (Å²) in [7, 11) is -1.27. The molecular weight excluding hydrogens is 470 g/mol. The summed E-state index contributed by atoms with van der Waals surface area (Å²) in [6.45, 7) is 3.45. The molecule has 9 heteroatoms. The Morgan fingerprint density at radius 2 is 1.46 bits per heavy atom. The van der Waals surface area contributed by atoms with E-state index in [0.29, 0.717) is 22.8 Å². The molecule has 0 aliphatic rings. The number of amides is 1. The Balaban J connectivity index is 2.10. The minimum atomic E-state index is -4.13. The zero-order valence-electron chi connectivity index (χ0n) is 20.0. The summed E-state index contributed by atoms with van der Waals surface area (Å²) in [5, 5.41) is 8.10. The van der Waals surface area contributed by atoms with Crippen molar-refractivity contribution in [1.29, 1.82) is 0 Å². The Bertz CT molecular complexity index is 1240. The van der Waals surface area contributed by atoms with E-state index in [2.05, 4.69) is 0 Å². The molecule has 1 amide bonds. The largest absolute Gasteiger partial charge is 0.493 e. The number of methoxy groups -OCH3 is 2. The van der Waals surface area contributed by atoms with Gasteiger partial charge in [-0.2, -0.15) is 0 Å². The third-order valence-corrected chi connectivity index (χ3v) is 7.81. The predicted molar refractivity (Wildman–Crippen MR) is 131 cm³/mol. The van der Waals surface area contributed by atoms with Gasteiger partial charge < -0.3 is 14.2 Å². The molecule has 0 aromatic heterocycles. The van der Waals surface area contributed by atoms with E-state index < -0.39 is 32.8 Å². The molecule has 0 saturated heterocycles. The maximum Gasteiger partial charge on any atom is 0.248 e. The van der Waals surface area contributed by atoms with Gasteiger partial charge in [0.05, 0.1) is 25.0 Å². The van der Waals surface area contributed by atoms with Crippen molar-refractivity contribution < 1.29 is 32.6 Å². The molecule has 2 N–H and O–H groups in total. The maximum absolute atomic E-state index is 14.0. The highest BCUT2D eigenvalue weighted by Gasteiger charge is 2.42. The molecule has 35 heavy (non-hydrogen) atoms. The van der Waals surface area contributed by atoms with Crippen LogP contribution in [0.5, 0.6) is 23.0 Å². The molecule has 186 valence electrons. The van der Waals surface area contributed by atoms with Crippen LogP contribution < -0.4 is 19.7 Å². The molecule has 0 bridgehead atoms. The monoisotopic (exact) mass is 499 g/mol. The number of carbonyl (C=O) groups is 1. The van der Waals surface area contributed by atoms with Gasteiger partial charge >= 0.3 is 0 Å². The lowest BCUT2D eigenvalue weighted by molar-refractivity contribution is -0.134. The number of hydrogen-bond acceptors (Lipinski definition) is 7. The van der Waals surface area contributed by atoms with Crippen molar-refractivity contribution in [2.24, 2.45) is 11.8 Å². The first-order valence-corrected chi connectivity index (χ1v) is 12.5. The van der Waals surface area contributed by atoms with Crippen molar-refractivity contribution in [3.8, 4) is 23.0 Å². The van der Waals surface area contributed by atoms with E-state index in [0.717, 1.165) is 0 Å². The quantitative estimate of drug-likeness (QED) is 0.305. The second kappa shape index (κ2) is 11.2. The first kappa shape index (κ1) is 26.1. The van der Waals surface area contributed by atoms with Gasteiger partial charge in [0, 0.05) is 6.07 Å². The van der Waals surface area contributed by atoms with Crippen LogP contribution >= 0.6 is 0 Å². The van der Waals surface area contributed by atoms with E-state index in [1.807, 2.05) is 18.2 Å². The fourth-order valence-corrected chi connectivity index (χ4v) is 6.10. The van der Waals surface area contributed by atoms with E-state index in [1.54, 1.807) is 55.7 Å². The van der Waals surface area contributed by atoms with Crippen LogP contribution in [0.2, 0.25) is 0 Å². The van der Waals surface area contributed by atoms with E-state index in [9.17, 15) is 18.4 Å². The number of para-hydroxylation sites is 1. The van der Waals surface area contributed by atoms with E-state index in [1.165, 1.54) is 32.4 Å². The van der Waals surface area contributed by atoms with Crippen molar-refractivity contribution >= 4 is 15.7 Å². The highest BCUT2D eigenvalue weighted by molar-refractivity contribution is 7.91. The molecule has 0 spiro atoms. The number of hydroxylamine groups is 1. The Kier molecular flexibility index (Phi) is 8.37. The van der Waals surface area contributed by atoms with Gasteiger partial charge in [-0.05, 0) is 47.9 Å². The standard InChI is InChI=1S/C26H29NO7S/c1-17(2)24(26(28)27-29)25(35(30,31)21-14-15-22(32-3)23(16-21)33-4)18-10-12-20(13-11-18)34-19-8-6-5-7-9-19/h5-17,24-25,29H,1-4H3,(H,27,28). The second-order valence-corrected chi connectivity index (χ2v) is 10.3. The van der Waals surface area contributed by atoms with Gasteiger partial charge in [-0.15, -0.1) is 0 Å². The predicted octanol–water partition coefficient (Wildman–Crippen LogP) is 4.79. The summed E-state index contributed by atoms with van der Waals surface area (Å²) in [6.07, 6.45) is 0. The molecule has 0 saturated carbocycles. The fourth-order valence-electron chi connectivity index (χ4n) is 3.93. The van der Waals surface area contributed by atoms with Crippen molar-refractivity contribution in [2.75, 3.05) is 14.2 Å². The molecule has 0 aliphatic carbocycles. The first-order valence-electron chi connectivity index (χ1n) is 11.0. The van der Waals surface area contributed by atoms with E-state index in [-0.39, 0.29) is 10.6 Å². The van der Waals surface area contributed by atoms with Crippen LogP contribution in [0.3, 0.4) is 0 Å². The summed E-state index contributed by atoms with van der Waals surface area (Å²) < 4.78 is 44.2. The van der Waals surface area contributed by atoms with Gasteiger partial charge in [0.1, 0.15) is 16.7 Å². The van der Waals surface area contributed by atoms with E-state index >= 15 is 0 Å². The van der Waals surface area contributed by atoms with Crippen molar-refractivity contribution in [1.82, 2.24) is 5.48 Å². The summed E-state index contributed by atoms with van der Waals surface area (Å²) in [4.78, 5) is 12.6. The number of sulfone groups is 1. The Labute approximate surface area is 205 Å². The SMILES string of the molecule is COc1ccc(S(=O)(=O)C(c2ccc(Oc3ccccc3)cc2)C(C(=O)NO)C(C)C)cc1OC. The molecule has 0 heterocycles. The van der Waals surface area contributed by atoms with Gasteiger partial charge in [0.15, 0.2) is 21.3 Å². The van der Waals surface area contributed by atoms with Crippen molar-refractivity contribution in [3.05, 3.63) is 78.4 Å². The fraction of sp³-hybridized carbons (Fsp3) is 0.269. The molecule has 3 aromatic carbocycles. The van der Waals surface area contributed by atoms with Crippen LogP contribution in [0.15, 0.2) is 77.7 Å². The number of rotatable bonds is 10. The van der Waals surface area contributed by atoms with Crippen LogP contribution in [-0.4, -0.2) is 33.8 Å². The number of benzene rings is 3. The molecule has 0 fully saturated rings. The number of carbonyl (C=O) groups excluding carboxylic acids is 1. The average molecular weight is 500 g/mol. The average Bonchev–Trinajstić information content (AvgIpc) is 2.87. The maximum atomic E-state index is 14.0. The van der Waals surface area contributed by atoms with Gasteiger partial charge in [-0.1, -0.05) is 44.2 Å². The molecule has 8 nitrogen and oxygen atoms in total. The molecular formula is C26H29NO7S. The Hall–Kier alpha value is -3.56. The molecule has 0 aliphatic heterocycles. The van der Waals surface area contributed by atoms with Gasteiger partial charge in [0.2, 0.25) is 5.91 Å². The Morgan fingerprint density at radius 1 is 0.857 bits per heavy atom. The Morgan fingerprint density at radius 3 is 2.00 bits per heavy atom. The third kappa shape index (κ3) is 5.75. The lowest BCUT2D eigenvalue weighted by atomic mass is 9.88. The third-order valence-electron chi connectivity index (χ3n) is 5.66. The van der Waals surface area contributed by atoms with Crippen molar-refractivity contribution in [3.63, 3.8) is 0 Å². The van der Waals surface area contributed by atoms with Crippen LogP contribution in [0.1, 0.15) is 24.7 Å². The minimum absolute atomic E-state index is 0.0406. The van der Waals surface area contributed by atoms with E-state index in [4.69, 9.17) is 14.2 Å². The number of nitrogens with one attached hydrogen (secondary N) is 1. The van der Waals surface area contributed by atoms with Gasteiger partial charge in [-0.3, -0.25) is 10.0 Å². The summed E-state index contributed by atoms with van der Waals surface area (Å²) in [5.41, 5.74) is 2.01. The summed E-state index contributed by atoms with van der Waals surface area (Å²) in [5.74, 6) is -0.532. The number of ether oxygens (including phenoxy) is 3. The topological polar surface area (TPSA) is 111 Å². The molecule has 0 radical (unpaired) electrons. The van der Waals surface area contributed by atoms with Gasteiger partial charge in [-0.25, -0.2) is 13.9 Å².